The van der Waals surface area contributed by atoms with E-state index in [0.29, 0.717) is 50.7 Å². The number of benzene rings is 2. The average Bonchev–Trinajstić information content (AvgIpc) is 2.89. The van der Waals surface area contributed by atoms with Crippen molar-refractivity contribution >= 4 is 17.5 Å². The van der Waals surface area contributed by atoms with Crippen LogP contribution in [0.3, 0.4) is 0 Å². The predicted molar refractivity (Wildman–Crippen MR) is 136 cm³/mol. The molecule has 3 aromatic rings. The van der Waals surface area contributed by atoms with Gasteiger partial charge in [-0.1, -0.05) is 48.5 Å². The third-order valence-electron chi connectivity index (χ3n) is 6.87. The molecular weight excluding hydrogens is 438 g/mol. The second kappa shape index (κ2) is 9.77. The lowest BCUT2D eigenvalue weighted by molar-refractivity contribution is 0.111. The van der Waals surface area contributed by atoms with Crippen LogP contribution in [0, 0.1) is 18.3 Å². The minimum atomic E-state index is -0.104. The Bertz CT molecular complexity index is 1280. The molecule has 5 rings (SSSR count). The summed E-state index contributed by atoms with van der Waals surface area (Å²) in [6, 6.07) is 20.1. The Hall–Kier alpha value is -3.89. The number of pyridine rings is 1. The van der Waals surface area contributed by atoms with Crippen LogP contribution in [0.2, 0.25) is 0 Å². The number of aryl methyl sites for hydroxylation is 1. The number of nitriles is 1. The fraction of sp³-hybridized carbons (Fsp3) is 0.321. The molecule has 0 spiro atoms. The molecular formula is C28H29N5O2. The Balaban J connectivity index is 1.43. The number of urea groups is 1. The van der Waals surface area contributed by atoms with Crippen molar-refractivity contribution in [3.63, 3.8) is 0 Å². The maximum atomic E-state index is 13.0. The number of hydrogen-bond acceptors (Lipinski definition) is 5. The number of anilines is 2. The first kappa shape index (κ1) is 22.9. The summed E-state index contributed by atoms with van der Waals surface area (Å²) in [5.74, 6) is 0.706. The molecule has 1 aromatic heterocycles. The number of carbonyl (C=O) groups is 1. The van der Waals surface area contributed by atoms with E-state index in [-0.39, 0.29) is 12.1 Å². The van der Waals surface area contributed by atoms with Crippen LogP contribution in [-0.2, 0) is 17.8 Å². The van der Waals surface area contributed by atoms with Crippen LogP contribution in [-0.4, -0.2) is 48.2 Å². The van der Waals surface area contributed by atoms with Crippen molar-refractivity contribution in [1.29, 1.82) is 5.26 Å². The van der Waals surface area contributed by atoms with Crippen LogP contribution in [0.4, 0.5) is 16.3 Å². The normalized spacial score (nSPS) is 17.5. The predicted octanol–water partition coefficient (Wildman–Crippen LogP) is 4.74. The van der Waals surface area contributed by atoms with Gasteiger partial charge in [0.25, 0.3) is 0 Å². The zero-order chi connectivity index (χ0) is 24.4. The van der Waals surface area contributed by atoms with Crippen LogP contribution in [0.25, 0.3) is 11.3 Å². The number of fused-ring (bicyclic) bond motifs is 1. The largest absolute Gasteiger partial charge is 0.376 e. The molecule has 0 radical (unpaired) electrons. The molecule has 1 N–H and O–H groups in total. The van der Waals surface area contributed by atoms with Crippen molar-refractivity contribution < 1.29 is 9.53 Å². The maximum Gasteiger partial charge on any atom is 0.322 e. The highest BCUT2D eigenvalue weighted by Crippen LogP contribution is 2.35. The molecule has 2 aliphatic rings. The number of carbonyl (C=O) groups excluding carboxylic acids is 1. The molecule has 35 heavy (non-hydrogen) atoms. The summed E-state index contributed by atoms with van der Waals surface area (Å²) in [6.07, 6.45) is 0.696. The third-order valence-corrected chi connectivity index (χ3v) is 6.87. The van der Waals surface area contributed by atoms with E-state index in [9.17, 15) is 10.1 Å². The molecule has 2 amide bonds. The van der Waals surface area contributed by atoms with E-state index in [2.05, 4.69) is 16.3 Å². The first-order valence-corrected chi connectivity index (χ1v) is 12.0. The lowest BCUT2D eigenvalue weighted by Crippen LogP contribution is -2.55. The zero-order valence-corrected chi connectivity index (χ0v) is 20.1. The van der Waals surface area contributed by atoms with E-state index in [0.717, 1.165) is 33.6 Å². The summed E-state index contributed by atoms with van der Waals surface area (Å²) in [5.41, 5.74) is 6.42. The number of ether oxygens (including phenoxy) is 1. The highest BCUT2D eigenvalue weighted by atomic mass is 16.5. The monoisotopic (exact) mass is 467 g/mol. The van der Waals surface area contributed by atoms with Gasteiger partial charge >= 0.3 is 6.03 Å². The highest BCUT2D eigenvalue weighted by molar-refractivity contribution is 5.90. The second-order valence-electron chi connectivity index (χ2n) is 9.13. The minimum absolute atomic E-state index is 0.0411. The van der Waals surface area contributed by atoms with Crippen molar-refractivity contribution in [3.8, 4) is 17.3 Å². The molecule has 0 saturated carbocycles. The van der Waals surface area contributed by atoms with E-state index in [4.69, 9.17) is 9.72 Å². The molecule has 0 unspecified atom stereocenters. The van der Waals surface area contributed by atoms with Gasteiger partial charge in [-0.15, -0.1) is 0 Å². The first-order chi connectivity index (χ1) is 17.1. The average molecular weight is 468 g/mol. The third kappa shape index (κ3) is 4.45. The molecule has 0 bridgehead atoms. The summed E-state index contributed by atoms with van der Waals surface area (Å²) in [6.45, 7) is 6.85. The van der Waals surface area contributed by atoms with E-state index < -0.39 is 0 Å². The Morgan fingerprint density at radius 3 is 2.63 bits per heavy atom. The summed E-state index contributed by atoms with van der Waals surface area (Å²) >= 11 is 0. The molecule has 1 saturated heterocycles. The fourth-order valence-electron chi connectivity index (χ4n) is 4.97. The van der Waals surface area contributed by atoms with Gasteiger partial charge in [0, 0.05) is 42.5 Å². The fourth-order valence-corrected chi connectivity index (χ4v) is 4.97. The zero-order valence-electron chi connectivity index (χ0n) is 20.1. The first-order valence-electron chi connectivity index (χ1n) is 12.0. The molecule has 3 heterocycles. The van der Waals surface area contributed by atoms with Crippen molar-refractivity contribution in [2.75, 3.05) is 36.5 Å². The van der Waals surface area contributed by atoms with Crippen LogP contribution in [0.15, 0.2) is 54.6 Å². The summed E-state index contributed by atoms with van der Waals surface area (Å²) in [4.78, 5) is 22.1. The summed E-state index contributed by atoms with van der Waals surface area (Å²) in [5, 5.41) is 13.2. The van der Waals surface area contributed by atoms with Crippen molar-refractivity contribution in [1.82, 2.24) is 9.88 Å². The van der Waals surface area contributed by atoms with Crippen molar-refractivity contribution in [2.45, 2.75) is 32.9 Å². The number of nitrogens with zero attached hydrogens (tertiary/aromatic N) is 4. The molecule has 1 atom stereocenters. The lowest BCUT2D eigenvalue weighted by Gasteiger charge is -2.41. The molecule has 178 valence electrons. The number of piperazine rings is 1. The van der Waals surface area contributed by atoms with Crippen LogP contribution >= 0.6 is 0 Å². The molecule has 2 aromatic carbocycles. The number of hydrogen-bond donors (Lipinski definition) is 1. The quantitative estimate of drug-likeness (QED) is 0.602. The van der Waals surface area contributed by atoms with E-state index in [1.54, 1.807) is 0 Å². The minimum Gasteiger partial charge on any atom is -0.376 e. The second-order valence-corrected chi connectivity index (χ2v) is 9.13. The Morgan fingerprint density at radius 1 is 1.11 bits per heavy atom. The number of amides is 2. The number of rotatable bonds is 3. The Labute approximate surface area is 206 Å². The standard InChI is InChI=1S/C28H29N5O2/c1-19-8-6-7-11-25(19)30-28(34)33-14-13-32(17-20(33)2)27-23(16-29)22-12-15-35-18-24(22)26(31-27)21-9-4-3-5-10-21/h3-11,20H,12-15,17-18H2,1-2H3,(H,30,34)/t20-/m1/s1. The molecule has 1 fully saturated rings. The van der Waals surface area contributed by atoms with Crippen LogP contribution in [0.1, 0.15) is 29.2 Å². The van der Waals surface area contributed by atoms with Gasteiger partial charge in [-0.25, -0.2) is 9.78 Å². The van der Waals surface area contributed by atoms with Crippen molar-refractivity contribution in [3.05, 3.63) is 76.9 Å². The van der Waals surface area contributed by atoms with Gasteiger partial charge in [0.15, 0.2) is 0 Å². The number of nitrogens with one attached hydrogen (secondary N) is 1. The molecule has 7 nitrogen and oxygen atoms in total. The van der Waals surface area contributed by atoms with E-state index >= 15 is 0 Å². The van der Waals surface area contributed by atoms with Gasteiger partial charge in [0.1, 0.15) is 11.9 Å². The summed E-state index contributed by atoms with van der Waals surface area (Å²) in [7, 11) is 0. The maximum absolute atomic E-state index is 13.0. The van der Waals surface area contributed by atoms with E-state index in [1.165, 1.54) is 0 Å². The van der Waals surface area contributed by atoms with Gasteiger partial charge in [0.2, 0.25) is 0 Å². The smallest absolute Gasteiger partial charge is 0.322 e. The molecule has 0 aliphatic carbocycles. The Kier molecular flexibility index (Phi) is 6.39. The van der Waals surface area contributed by atoms with E-state index in [1.807, 2.05) is 73.3 Å². The van der Waals surface area contributed by atoms with Crippen LogP contribution < -0.4 is 10.2 Å². The highest BCUT2D eigenvalue weighted by Gasteiger charge is 2.32. The lowest BCUT2D eigenvalue weighted by atomic mass is 9.93. The van der Waals surface area contributed by atoms with Gasteiger partial charge < -0.3 is 19.9 Å². The molecule has 2 aliphatic heterocycles. The van der Waals surface area contributed by atoms with Gasteiger partial charge in [0.05, 0.1) is 24.5 Å². The topological polar surface area (TPSA) is 81.5 Å². The van der Waals surface area contributed by atoms with Gasteiger partial charge in [-0.2, -0.15) is 5.26 Å². The van der Waals surface area contributed by atoms with Crippen LogP contribution in [0.5, 0.6) is 0 Å². The van der Waals surface area contributed by atoms with Gasteiger partial charge in [-0.3, -0.25) is 0 Å². The SMILES string of the molecule is Cc1ccccc1NC(=O)N1CCN(c2nc(-c3ccccc3)c3c(c2C#N)CCOC3)C[C@H]1C. The number of para-hydroxylation sites is 1. The summed E-state index contributed by atoms with van der Waals surface area (Å²) < 4.78 is 5.74. The molecule has 7 heteroatoms. The van der Waals surface area contributed by atoms with Crippen molar-refractivity contribution in [2.24, 2.45) is 0 Å². The Morgan fingerprint density at radius 2 is 1.89 bits per heavy atom. The van der Waals surface area contributed by atoms with Gasteiger partial charge in [-0.05, 0) is 37.5 Å². The number of aromatic nitrogens is 1.